The number of carbonyl (C=O) groups excluding carboxylic acids is 1. The van der Waals surface area contributed by atoms with E-state index in [1.807, 2.05) is 12.1 Å². The van der Waals surface area contributed by atoms with Gasteiger partial charge in [-0.1, -0.05) is 18.2 Å². The van der Waals surface area contributed by atoms with E-state index in [4.69, 9.17) is 4.74 Å². The van der Waals surface area contributed by atoms with Crippen molar-refractivity contribution in [2.24, 2.45) is 0 Å². The number of hydrogen-bond donors (Lipinski definition) is 1. The van der Waals surface area contributed by atoms with Crippen molar-refractivity contribution in [3.63, 3.8) is 0 Å². The maximum Gasteiger partial charge on any atom is 0.316 e. The van der Waals surface area contributed by atoms with Gasteiger partial charge in [0.2, 0.25) is 0 Å². The molecule has 1 amide bonds. The van der Waals surface area contributed by atoms with Gasteiger partial charge in [0.05, 0.1) is 6.04 Å². The van der Waals surface area contributed by atoms with Crippen LogP contribution < -0.4 is 4.74 Å². The molecule has 2 heterocycles. The Hall–Kier alpha value is -2.32. The fourth-order valence-electron chi connectivity index (χ4n) is 3.81. The largest absolute Gasteiger partial charge is 0.485 e. The third-order valence-electron chi connectivity index (χ3n) is 5.26. The highest BCUT2D eigenvalue weighted by Gasteiger charge is 2.48. The Labute approximate surface area is 163 Å². The molecule has 0 aromatic heterocycles. The predicted octanol–water partition coefficient (Wildman–Crippen LogP) is 3.25. The van der Waals surface area contributed by atoms with Crippen molar-refractivity contribution in [3.8, 4) is 5.75 Å². The van der Waals surface area contributed by atoms with Gasteiger partial charge in [-0.05, 0) is 43.7 Å². The van der Waals surface area contributed by atoms with Crippen LogP contribution in [0.25, 0.3) is 0 Å². The minimum Gasteiger partial charge on any atom is -0.485 e. The lowest BCUT2D eigenvalue weighted by molar-refractivity contribution is -0.0869. The van der Waals surface area contributed by atoms with Crippen molar-refractivity contribution in [1.29, 1.82) is 0 Å². The average molecular weight is 407 g/mol. The fraction of sp³-hybridized carbons (Fsp3) is 0.350. The molecule has 2 aromatic carbocycles. The zero-order chi connectivity index (χ0) is 20.2. The van der Waals surface area contributed by atoms with Gasteiger partial charge in [-0.25, -0.2) is 4.21 Å². The lowest BCUT2D eigenvalue weighted by Gasteiger charge is -2.45. The summed E-state index contributed by atoms with van der Waals surface area (Å²) in [5, 5.41) is 11.0. The van der Waals surface area contributed by atoms with Crippen molar-refractivity contribution in [2.75, 3.05) is 0 Å². The van der Waals surface area contributed by atoms with Crippen LogP contribution in [-0.4, -0.2) is 37.6 Å². The number of nitrogens with zero attached hydrogens (tertiary/aromatic N) is 1. The minimum atomic E-state index is -3.03. The van der Waals surface area contributed by atoms with E-state index in [0.717, 1.165) is 5.56 Å². The number of rotatable bonds is 3. The van der Waals surface area contributed by atoms with E-state index in [2.05, 4.69) is 0 Å². The first-order valence-electron chi connectivity index (χ1n) is 8.79. The summed E-state index contributed by atoms with van der Waals surface area (Å²) < 4.78 is 43.6. The van der Waals surface area contributed by atoms with Gasteiger partial charge in [-0.2, -0.15) is 8.78 Å². The Morgan fingerprint density at radius 2 is 1.96 bits per heavy atom. The number of amides is 1. The number of aliphatic hydroxyl groups excluding tert-OH is 1. The molecule has 2 aromatic rings. The molecule has 0 aliphatic carbocycles. The smallest absolute Gasteiger partial charge is 0.316 e. The maximum atomic E-state index is 13.0. The van der Waals surface area contributed by atoms with Gasteiger partial charge < -0.3 is 14.7 Å². The third kappa shape index (κ3) is 2.91. The van der Waals surface area contributed by atoms with Crippen LogP contribution in [0.2, 0.25) is 0 Å². The number of aliphatic hydroxyl groups is 1. The number of hydrogen-bond acceptors (Lipinski definition) is 4. The van der Waals surface area contributed by atoms with Gasteiger partial charge in [0, 0.05) is 22.6 Å². The molecular formula is C20H19F2NO4S. The third-order valence-corrected chi connectivity index (χ3v) is 6.31. The number of alkyl halides is 2. The van der Waals surface area contributed by atoms with Gasteiger partial charge >= 0.3 is 5.76 Å². The summed E-state index contributed by atoms with van der Waals surface area (Å²) in [7, 11) is -2.50. The van der Waals surface area contributed by atoms with E-state index in [-0.39, 0.29) is 17.3 Å². The van der Waals surface area contributed by atoms with Crippen LogP contribution in [0.4, 0.5) is 8.78 Å². The summed E-state index contributed by atoms with van der Waals surface area (Å²) in [5.74, 6) is -2.90. The van der Waals surface area contributed by atoms with Crippen molar-refractivity contribution in [1.82, 2.24) is 4.90 Å². The first-order chi connectivity index (χ1) is 13.2. The number of fused-ring (bicyclic) bond motifs is 2. The number of carbonyl (C=O) groups is 1. The normalized spacial score (nSPS) is 23.9. The topological polar surface area (TPSA) is 66.8 Å². The average Bonchev–Trinajstić information content (AvgIpc) is 2.98. The number of ether oxygens (including phenoxy) is 1. The lowest BCUT2D eigenvalue weighted by atomic mass is 9.85. The van der Waals surface area contributed by atoms with Gasteiger partial charge in [0.15, 0.2) is 0 Å². The zero-order valence-corrected chi connectivity index (χ0v) is 16.1. The second kappa shape index (κ2) is 6.63. The summed E-state index contributed by atoms with van der Waals surface area (Å²) >= 11 is 0. The van der Waals surface area contributed by atoms with E-state index in [1.165, 1.54) is 23.1 Å². The highest BCUT2D eigenvalue weighted by Crippen LogP contribution is 2.46. The first kappa shape index (κ1) is 19.0. The Morgan fingerprint density at radius 3 is 2.64 bits per heavy atom. The molecule has 0 fully saturated rings. The lowest BCUT2D eigenvalue weighted by Crippen LogP contribution is -2.53. The van der Waals surface area contributed by atoms with Crippen molar-refractivity contribution in [2.45, 2.75) is 48.8 Å². The molecule has 4 rings (SSSR count). The van der Waals surface area contributed by atoms with Crippen LogP contribution in [0.1, 0.15) is 41.4 Å². The second-order valence-electron chi connectivity index (χ2n) is 7.44. The molecule has 0 spiro atoms. The molecular weight excluding hydrogens is 388 g/mol. The molecule has 148 valence electrons. The molecule has 0 saturated carbocycles. The SMILES string of the molecule is CC1(C)Oc2ccc(S(=O)C(F)F)cc2[C@@H](N2Cc3ccccc3C2=O)[C@@H]1O. The van der Waals surface area contributed by atoms with Gasteiger partial charge in [0.25, 0.3) is 5.91 Å². The van der Waals surface area contributed by atoms with E-state index in [0.29, 0.717) is 16.9 Å². The first-order valence-corrected chi connectivity index (χ1v) is 10.0. The van der Waals surface area contributed by atoms with Gasteiger partial charge in [0.1, 0.15) is 28.3 Å². The molecule has 3 atom stereocenters. The number of halogens is 2. The second-order valence-corrected chi connectivity index (χ2v) is 8.87. The molecule has 2 aliphatic heterocycles. The quantitative estimate of drug-likeness (QED) is 0.848. The predicted molar refractivity (Wildman–Crippen MR) is 98.6 cm³/mol. The van der Waals surface area contributed by atoms with E-state index < -0.39 is 34.3 Å². The zero-order valence-electron chi connectivity index (χ0n) is 15.3. The highest BCUT2D eigenvalue weighted by atomic mass is 32.2. The van der Waals surface area contributed by atoms with Crippen molar-refractivity contribution >= 4 is 16.7 Å². The summed E-state index contributed by atoms with van der Waals surface area (Å²) in [6.45, 7) is 3.69. The minimum absolute atomic E-state index is 0.0709. The Bertz CT molecular complexity index is 978. The van der Waals surface area contributed by atoms with E-state index in [1.54, 1.807) is 26.0 Å². The van der Waals surface area contributed by atoms with Crippen LogP contribution in [-0.2, 0) is 17.3 Å². The summed E-state index contributed by atoms with van der Waals surface area (Å²) in [5.41, 5.74) is 0.751. The molecule has 28 heavy (non-hydrogen) atoms. The summed E-state index contributed by atoms with van der Waals surface area (Å²) in [4.78, 5) is 14.4. The molecule has 0 saturated heterocycles. The molecule has 1 unspecified atom stereocenters. The summed E-state index contributed by atoms with van der Waals surface area (Å²) in [6, 6.07) is 10.5. The van der Waals surface area contributed by atoms with Crippen LogP contribution in [0.5, 0.6) is 5.75 Å². The molecule has 0 bridgehead atoms. The molecule has 0 radical (unpaired) electrons. The molecule has 1 N–H and O–H groups in total. The molecule has 8 heteroatoms. The Morgan fingerprint density at radius 1 is 1.25 bits per heavy atom. The van der Waals surface area contributed by atoms with Gasteiger partial charge in [-0.3, -0.25) is 4.79 Å². The van der Waals surface area contributed by atoms with E-state index in [9.17, 15) is 22.9 Å². The van der Waals surface area contributed by atoms with Gasteiger partial charge in [-0.15, -0.1) is 0 Å². The van der Waals surface area contributed by atoms with Crippen LogP contribution in [0.15, 0.2) is 47.4 Å². The number of benzene rings is 2. The monoisotopic (exact) mass is 407 g/mol. The van der Waals surface area contributed by atoms with E-state index >= 15 is 0 Å². The van der Waals surface area contributed by atoms with Crippen molar-refractivity contribution in [3.05, 3.63) is 59.2 Å². The Kier molecular flexibility index (Phi) is 4.50. The van der Waals surface area contributed by atoms with Crippen LogP contribution >= 0.6 is 0 Å². The summed E-state index contributed by atoms with van der Waals surface area (Å²) in [6.07, 6.45) is -1.10. The van der Waals surface area contributed by atoms with Crippen LogP contribution in [0.3, 0.4) is 0 Å². The van der Waals surface area contributed by atoms with Crippen molar-refractivity contribution < 1.29 is 27.6 Å². The van der Waals surface area contributed by atoms with Crippen LogP contribution in [0, 0.1) is 0 Å². The highest BCUT2D eigenvalue weighted by molar-refractivity contribution is 7.85. The fourth-order valence-corrected chi connectivity index (χ4v) is 4.46. The standard InChI is InChI=1S/C20H19F2NO4S/c1-20(2)17(24)16(23-10-11-5-3-4-6-13(11)18(23)25)14-9-12(28(26)19(21)22)7-8-15(14)27-20/h3-9,16-17,19,24H,10H2,1-2H3/t16-,17+,28?/m1/s1. The molecule has 2 aliphatic rings. The Balaban J connectivity index is 1.82. The maximum absolute atomic E-state index is 13.0. The molecule has 5 nitrogen and oxygen atoms in total.